The largest absolute Gasteiger partial charge is 0.479 e. The maximum atomic E-state index is 12.9. The smallest absolute Gasteiger partial charge is 0.335 e. The first-order valence-corrected chi connectivity index (χ1v) is 28.2. The topological polar surface area (TPSA) is 169 Å². The highest BCUT2D eigenvalue weighted by Crippen LogP contribution is 2.23. The monoisotopic (exact) mass is 975 g/mol. The summed E-state index contributed by atoms with van der Waals surface area (Å²) < 4.78 is 21.9. The molecule has 4 N–H and O–H groups in total. The molecule has 1 fully saturated rings. The minimum atomic E-state index is -1.86. The number of allylic oxidation sites excluding steroid dienone is 8. The third-order valence-corrected chi connectivity index (χ3v) is 12.9. The number of ether oxygens (including phenoxy) is 4. The summed E-state index contributed by atoms with van der Waals surface area (Å²) in [5.74, 6) is -2.45. The molecule has 0 amide bonds. The van der Waals surface area contributed by atoms with Crippen molar-refractivity contribution in [3.05, 3.63) is 48.6 Å². The number of carboxylic acids is 1. The van der Waals surface area contributed by atoms with E-state index >= 15 is 0 Å². The van der Waals surface area contributed by atoms with E-state index in [1.54, 1.807) is 0 Å². The van der Waals surface area contributed by atoms with Crippen molar-refractivity contribution in [2.24, 2.45) is 0 Å². The second-order valence-corrected chi connectivity index (χ2v) is 19.4. The molecule has 1 saturated heterocycles. The summed E-state index contributed by atoms with van der Waals surface area (Å²) in [6.45, 7) is 3.73. The standard InChI is InChI=1S/C58H102O11/c1-3-5-7-9-11-13-15-17-19-21-23-24-25-26-27-29-31-33-35-37-39-41-43-45-47-52(60)68-50(49-67-58-55(63)53(61)54(62)56(69-58)57(64)65)48-66-51(59)46-44-42-40-38-36-34-32-30-28-22-20-18-16-14-12-10-8-6-4-2/h6,8,12,14,18,20,28,30,50,53-56,58,61-63H,3-5,7,9-11,13,15-17,19,21-27,29,31-49H2,1-2H3,(H,64,65)/b8-6-,14-12-,20-18-,30-28-. The first kappa shape index (κ1) is 64.2. The predicted molar refractivity (Wildman–Crippen MR) is 280 cm³/mol. The van der Waals surface area contributed by atoms with Crippen molar-refractivity contribution in [2.75, 3.05) is 13.2 Å². The minimum absolute atomic E-state index is 0.182. The predicted octanol–water partition coefficient (Wildman–Crippen LogP) is 14.0. The minimum Gasteiger partial charge on any atom is -0.479 e. The number of aliphatic hydroxyl groups excluding tert-OH is 3. The number of hydrogen-bond donors (Lipinski definition) is 4. The molecule has 0 aromatic carbocycles. The molecular formula is C58H102O11. The van der Waals surface area contributed by atoms with Gasteiger partial charge in [-0.25, -0.2) is 4.79 Å². The van der Waals surface area contributed by atoms with E-state index < -0.39 is 61.3 Å². The molecular weight excluding hydrogens is 873 g/mol. The SMILES string of the molecule is CC/C=C\C/C=C\C/C=C\C/C=C\CCCCCCCCC(=O)OCC(COC1OC(C(=O)O)C(O)C(O)C1O)OC(=O)CCCCCCCCCCCCCCCCCCCCCCCCCC. The van der Waals surface area contributed by atoms with Gasteiger partial charge >= 0.3 is 17.9 Å². The van der Waals surface area contributed by atoms with Crippen LogP contribution >= 0.6 is 0 Å². The van der Waals surface area contributed by atoms with Crippen molar-refractivity contribution >= 4 is 17.9 Å². The van der Waals surface area contributed by atoms with Gasteiger partial charge in [0.15, 0.2) is 18.5 Å². The molecule has 6 unspecified atom stereocenters. The number of aliphatic carboxylic acids is 1. The Kier molecular flexibility index (Phi) is 44.2. The number of carbonyl (C=O) groups is 3. The van der Waals surface area contributed by atoms with E-state index in [1.807, 2.05) is 0 Å². The summed E-state index contributed by atoms with van der Waals surface area (Å²) in [6.07, 6.45) is 50.2. The zero-order chi connectivity index (χ0) is 50.3. The Morgan fingerprint density at radius 2 is 0.855 bits per heavy atom. The summed E-state index contributed by atoms with van der Waals surface area (Å²) >= 11 is 0. The van der Waals surface area contributed by atoms with Crippen LogP contribution in [0.3, 0.4) is 0 Å². The lowest BCUT2D eigenvalue weighted by molar-refractivity contribution is -0.298. The zero-order valence-corrected chi connectivity index (χ0v) is 43.8. The van der Waals surface area contributed by atoms with Gasteiger partial charge in [-0.3, -0.25) is 9.59 Å². The van der Waals surface area contributed by atoms with Crippen LogP contribution in [0.1, 0.15) is 251 Å². The molecule has 0 bridgehead atoms. The molecule has 6 atom stereocenters. The Bertz CT molecular complexity index is 1330. The zero-order valence-electron chi connectivity index (χ0n) is 43.8. The van der Waals surface area contributed by atoms with Gasteiger partial charge in [0.05, 0.1) is 6.61 Å². The Morgan fingerprint density at radius 3 is 1.29 bits per heavy atom. The number of unbranched alkanes of at least 4 members (excludes halogenated alkanes) is 29. The van der Waals surface area contributed by atoms with Crippen LogP contribution in [-0.4, -0.2) is 88.4 Å². The molecule has 0 aliphatic carbocycles. The summed E-state index contributed by atoms with van der Waals surface area (Å²) in [6, 6.07) is 0. The molecule has 69 heavy (non-hydrogen) atoms. The lowest BCUT2D eigenvalue weighted by atomic mass is 9.99. The van der Waals surface area contributed by atoms with Crippen molar-refractivity contribution in [3.63, 3.8) is 0 Å². The van der Waals surface area contributed by atoms with Gasteiger partial charge in [-0.15, -0.1) is 0 Å². The Balaban J connectivity index is 2.25. The number of hydrogen-bond acceptors (Lipinski definition) is 10. The molecule has 0 aromatic rings. The molecule has 11 nitrogen and oxygen atoms in total. The lowest BCUT2D eigenvalue weighted by Crippen LogP contribution is -2.60. The average molecular weight is 975 g/mol. The van der Waals surface area contributed by atoms with Gasteiger partial charge in [0.25, 0.3) is 0 Å². The fourth-order valence-corrected chi connectivity index (χ4v) is 8.58. The van der Waals surface area contributed by atoms with Gasteiger partial charge in [-0.2, -0.15) is 0 Å². The Hall–Kier alpha value is -2.83. The third-order valence-electron chi connectivity index (χ3n) is 12.9. The van der Waals surface area contributed by atoms with Crippen molar-refractivity contribution in [3.8, 4) is 0 Å². The van der Waals surface area contributed by atoms with E-state index in [2.05, 4.69) is 62.5 Å². The summed E-state index contributed by atoms with van der Waals surface area (Å²) in [5.41, 5.74) is 0. The van der Waals surface area contributed by atoms with Crippen LogP contribution in [0.4, 0.5) is 0 Å². The number of esters is 2. The molecule has 11 heteroatoms. The van der Waals surface area contributed by atoms with E-state index in [0.29, 0.717) is 12.8 Å². The average Bonchev–Trinajstić information content (AvgIpc) is 3.34. The van der Waals surface area contributed by atoms with E-state index in [-0.39, 0.29) is 19.4 Å². The molecule has 0 spiro atoms. The fraction of sp³-hybridized carbons (Fsp3) is 0.810. The number of carbonyl (C=O) groups excluding carboxylic acids is 2. The molecule has 1 aliphatic rings. The van der Waals surface area contributed by atoms with E-state index in [4.69, 9.17) is 18.9 Å². The van der Waals surface area contributed by atoms with Gasteiger partial charge in [-0.1, -0.05) is 236 Å². The highest BCUT2D eigenvalue weighted by Gasteiger charge is 2.47. The molecule has 0 radical (unpaired) electrons. The maximum absolute atomic E-state index is 12.9. The van der Waals surface area contributed by atoms with Gasteiger partial charge < -0.3 is 39.4 Å². The van der Waals surface area contributed by atoms with Crippen LogP contribution in [0.25, 0.3) is 0 Å². The van der Waals surface area contributed by atoms with Crippen LogP contribution in [-0.2, 0) is 33.3 Å². The molecule has 400 valence electrons. The normalized spacial score (nSPS) is 19.1. The quantitative estimate of drug-likeness (QED) is 0.0260. The Morgan fingerprint density at radius 1 is 0.464 bits per heavy atom. The maximum Gasteiger partial charge on any atom is 0.335 e. The lowest BCUT2D eigenvalue weighted by Gasteiger charge is -2.38. The molecule has 0 saturated carbocycles. The number of rotatable bonds is 48. The van der Waals surface area contributed by atoms with E-state index in [0.717, 1.165) is 83.5 Å². The van der Waals surface area contributed by atoms with Crippen molar-refractivity contribution in [1.82, 2.24) is 0 Å². The van der Waals surface area contributed by atoms with Crippen LogP contribution < -0.4 is 0 Å². The second-order valence-electron chi connectivity index (χ2n) is 19.4. The highest BCUT2D eigenvalue weighted by molar-refractivity contribution is 5.73. The number of carboxylic acid groups (broad SMARTS) is 1. The number of aliphatic hydroxyl groups is 3. The highest BCUT2D eigenvalue weighted by atomic mass is 16.7. The first-order valence-electron chi connectivity index (χ1n) is 28.2. The fourth-order valence-electron chi connectivity index (χ4n) is 8.58. The molecule has 0 aromatic heterocycles. The van der Waals surface area contributed by atoms with Gasteiger partial charge in [0.1, 0.15) is 24.9 Å². The van der Waals surface area contributed by atoms with Crippen molar-refractivity contribution in [2.45, 2.75) is 288 Å². The molecule has 1 aliphatic heterocycles. The summed E-state index contributed by atoms with van der Waals surface area (Å²) in [5, 5.41) is 40.0. The van der Waals surface area contributed by atoms with Crippen LogP contribution in [0.15, 0.2) is 48.6 Å². The molecule has 1 heterocycles. The van der Waals surface area contributed by atoms with Crippen LogP contribution in [0.5, 0.6) is 0 Å². The Labute approximate surface area is 420 Å². The van der Waals surface area contributed by atoms with Crippen molar-refractivity contribution < 1.29 is 53.8 Å². The summed E-state index contributed by atoms with van der Waals surface area (Å²) in [7, 11) is 0. The third kappa shape index (κ3) is 38.5. The van der Waals surface area contributed by atoms with Gasteiger partial charge in [-0.05, 0) is 51.4 Å². The second kappa shape index (κ2) is 47.5. The van der Waals surface area contributed by atoms with Gasteiger partial charge in [0.2, 0.25) is 0 Å². The first-order chi connectivity index (χ1) is 33.7. The summed E-state index contributed by atoms with van der Waals surface area (Å²) in [4.78, 5) is 37.1. The van der Waals surface area contributed by atoms with Gasteiger partial charge in [0, 0.05) is 12.8 Å². The van der Waals surface area contributed by atoms with E-state index in [9.17, 15) is 34.8 Å². The molecule has 1 rings (SSSR count). The van der Waals surface area contributed by atoms with E-state index in [1.165, 1.54) is 128 Å². The van der Waals surface area contributed by atoms with Crippen LogP contribution in [0, 0.1) is 0 Å². The van der Waals surface area contributed by atoms with Crippen molar-refractivity contribution in [1.29, 1.82) is 0 Å². The van der Waals surface area contributed by atoms with Crippen LogP contribution in [0.2, 0.25) is 0 Å².